The highest BCUT2D eigenvalue weighted by Gasteiger charge is 2.22. The number of carbonyl (C=O) groups is 1. The van der Waals surface area contributed by atoms with Crippen molar-refractivity contribution in [2.24, 2.45) is 0 Å². The van der Waals surface area contributed by atoms with Crippen LogP contribution in [-0.4, -0.2) is 29.9 Å². The van der Waals surface area contributed by atoms with E-state index in [9.17, 15) is 4.79 Å². The first-order valence-electron chi connectivity index (χ1n) is 7.74. The van der Waals surface area contributed by atoms with Gasteiger partial charge < -0.3 is 10.2 Å². The summed E-state index contributed by atoms with van der Waals surface area (Å²) < 4.78 is 0. The van der Waals surface area contributed by atoms with Gasteiger partial charge in [-0.25, -0.2) is 0 Å². The summed E-state index contributed by atoms with van der Waals surface area (Å²) in [6.07, 6.45) is 3.53. The number of nitrogens with zero attached hydrogens (tertiary/aromatic N) is 1. The van der Waals surface area contributed by atoms with Gasteiger partial charge in [0.1, 0.15) is 6.04 Å². The van der Waals surface area contributed by atoms with E-state index in [0.717, 1.165) is 31.6 Å². The van der Waals surface area contributed by atoms with E-state index in [-0.39, 0.29) is 11.9 Å². The summed E-state index contributed by atoms with van der Waals surface area (Å²) in [6, 6.07) is 8.11. The molecule has 1 N–H and O–H groups in total. The van der Waals surface area contributed by atoms with Crippen LogP contribution in [0.4, 0.5) is 5.69 Å². The number of rotatable bonds is 4. The topological polar surface area (TPSA) is 32.3 Å². The fourth-order valence-electron chi connectivity index (χ4n) is 2.82. The van der Waals surface area contributed by atoms with Gasteiger partial charge in [0.2, 0.25) is 5.91 Å². The number of nitrogens with one attached hydrogen (secondary N) is 1. The number of benzene rings is 1. The van der Waals surface area contributed by atoms with Crippen LogP contribution in [0.2, 0.25) is 0 Å². The van der Waals surface area contributed by atoms with Crippen molar-refractivity contribution in [1.29, 1.82) is 0 Å². The van der Waals surface area contributed by atoms with Crippen LogP contribution < -0.4 is 5.32 Å². The Kier molecular flexibility index (Phi) is 5.05. The zero-order valence-corrected chi connectivity index (χ0v) is 12.9. The first kappa shape index (κ1) is 14.9. The SMILES string of the molecule is CC(Nc1ccccc1C(C)C)C(=O)N1CCCCC1. The van der Waals surface area contributed by atoms with Crippen molar-refractivity contribution in [3.63, 3.8) is 0 Å². The first-order valence-corrected chi connectivity index (χ1v) is 7.74. The summed E-state index contributed by atoms with van der Waals surface area (Å²) >= 11 is 0. The van der Waals surface area contributed by atoms with Gasteiger partial charge in [-0.05, 0) is 43.7 Å². The highest BCUT2D eigenvalue weighted by molar-refractivity contribution is 5.84. The molecule has 0 saturated carbocycles. The second-order valence-corrected chi connectivity index (χ2v) is 5.99. The Morgan fingerprint density at radius 2 is 1.75 bits per heavy atom. The standard InChI is InChI=1S/C17H26N2O/c1-13(2)15-9-5-6-10-16(15)18-14(3)17(20)19-11-7-4-8-12-19/h5-6,9-10,13-14,18H,4,7-8,11-12H2,1-3H3. The lowest BCUT2D eigenvalue weighted by atomic mass is 10.0. The molecule has 1 amide bonds. The highest BCUT2D eigenvalue weighted by Crippen LogP contribution is 2.24. The molecule has 3 nitrogen and oxygen atoms in total. The van der Waals surface area contributed by atoms with Gasteiger partial charge in [0.25, 0.3) is 0 Å². The van der Waals surface area contributed by atoms with Crippen LogP contribution in [0.25, 0.3) is 0 Å². The van der Waals surface area contributed by atoms with E-state index in [0.29, 0.717) is 5.92 Å². The van der Waals surface area contributed by atoms with Crippen molar-refractivity contribution in [3.8, 4) is 0 Å². The summed E-state index contributed by atoms with van der Waals surface area (Å²) in [5.41, 5.74) is 2.35. The Balaban J connectivity index is 2.03. The van der Waals surface area contributed by atoms with Gasteiger partial charge in [0.15, 0.2) is 0 Å². The van der Waals surface area contributed by atoms with Crippen molar-refractivity contribution in [2.75, 3.05) is 18.4 Å². The monoisotopic (exact) mass is 274 g/mol. The lowest BCUT2D eigenvalue weighted by Gasteiger charge is -2.30. The summed E-state index contributed by atoms with van der Waals surface area (Å²) in [7, 11) is 0. The maximum absolute atomic E-state index is 12.4. The van der Waals surface area contributed by atoms with Crippen LogP contribution in [0.15, 0.2) is 24.3 Å². The minimum Gasteiger partial charge on any atom is -0.374 e. The molecule has 1 saturated heterocycles. The number of anilines is 1. The minimum atomic E-state index is -0.159. The number of likely N-dealkylation sites (tertiary alicyclic amines) is 1. The third-order valence-electron chi connectivity index (χ3n) is 3.99. The smallest absolute Gasteiger partial charge is 0.244 e. The minimum absolute atomic E-state index is 0.159. The van der Waals surface area contributed by atoms with E-state index in [4.69, 9.17) is 0 Å². The zero-order valence-electron chi connectivity index (χ0n) is 12.9. The van der Waals surface area contributed by atoms with Crippen LogP contribution in [0.1, 0.15) is 51.5 Å². The number of hydrogen-bond donors (Lipinski definition) is 1. The van der Waals surface area contributed by atoms with E-state index in [1.807, 2.05) is 17.9 Å². The number of para-hydroxylation sites is 1. The Labute approximate surface area is 122 Å². The molecule has 0 radical (unpaired) electrons. The van der Waals surface area contributed by atoms with Gasteiger partial charge in [0, 0.05) is 18.8 Å². The van der Waals surface area contributed by atoms with E-state index >= 15 is 0 Å². The molecule has 110 valence electrons. The maximum Gasteiger partial charge on any atom is 0.244 e. The normalized spacial score (nSPS) is 17.1. The van der Waals surface area contributed by atoms with Crippen LogP contribution in [-0.2, 0) is 4.79 Å². The van der Waals surface area contributed by atoms with Crippen LogP contribution in [0, 0.1) is 0 Å². The molecule has 2 rings (SSSR count). The summed E-state index contributed by atoms with van der Waals surface area (Å²) in [5, 5.41) is 3.40. The van der Waals surface area contributed by atoms with Crippen molar-refractivity contribution >= 4 is 11.6 Å². The molecule has 1 unspecified atom stereocenters. The lowest BCUT2D eigenvalue weighted by Crippen LogP contribution is -2.44. The molecule has 3 heteroatoms. The number of hydrogen-bond acceptors (Lipinski definition) is 2. The lowest BCUT2D eigenvalue weighted by molar-refractivity contribution is -0.132. The molecular weight excluding hydrogens is 248 g/mol. The van der Waals surface area contributed by atoms with Gasteiger partial charge in [-0.1, -0.05) is 32.0 Å². The molecule has 1 aromatic carbocycles. The average Bonchev–Trinajstić information content (AvgIpc) is 2.47. The molecular formula is C17H26N2O. The maximum atomic E-state index is 12.4. The molecule has 1 atom stereocenters. The van der Waals surface area contributed by atoms with Crippen molar-refractivity contribution in [3.05, 3.63) is 29.8 Å². The third kappa shape index (κ3) is 3.53. The second-order valence-electron chi connectivity index (χ2n) is 5.99. The van der Waals surface area contributed by atoms with Gasteiger partial charge in [-0.2, -0.15) is 0 Å². The Morgan fingerprint density at radius 1 is 1.10 bits per heavy atom. The molecule has 1 aliphatic rings. The largest absolute Gasteiger partial charge is 0.374 e. The highest BCUT2D eigenvalue weighted by atomic mass is 16.2. The third-order valence-corrected chi connectivity index (χ3v) is 3.99. The molecule has 1 fully saturated rings. The Morgan fingerprint density at radius 3 is 2.40 bits per heavy atom. The predicted molar refractivity (Wildman–Crippen MR) is 84.0 cm³/mol. The predicted octanol–water partition coefficient (Wildman–Crippen LogP) is 3.62. The number of carbonyl (C=O) groups excluding carboxylic acids is 1. The molecule has 0 aliphatic carbocycles. The van der Waals surface area contributed by atoms with Crippen molar-refractivity contribution in [2.45, 2.75) is 52.0 Å². The summed E-state index contributed by atoms with van der Waals surface area (Å²) in [5.74, 6) is 0.680. The fourth-order valence-corrected chi connectivity index (χ4v) is 2.82. The average molecular weight is 274 g/mol. The molecule has 0 bridgehead atoms. The van der Waals surface area contributed by atoms with Gasteiger partial charge in [-0.15, -0.1) is 0 Å². The van der Waals surface area contributed by atoms with Gasteiger partial charge in [-0.3, -0.25) is 4.79 Å². The molecule has 1 aromatic rings. The molecule has 20 heavy (non-hydrogen) atoms. The number of amides is 1. The fraction of sp³-hybridized carbons (Fsp3) is 0.588. The van der Waals surface area contributed by atoms with Gasteiger partial charge >= 0.3 is 0 Å². The zero-order chi connectivity index (χ0) is 14.5. The van der Waals surface area contributed by atoms with E-state index in [1.54, 1.807) is 0 Å². The van der Waals surface area contributed by atoms with Crippen LogP contribution >= 0.6 is 0 Å². The molecule has 1 aliphatic heterocycles. The molecule has 1 heterocycles. The van der Waals surface area contributed by atoms with Crippen LogP contribution in [0.3, 0.4) is 0 Å². The number of piperidine rings is 1. The summed E-state index contributed by atoms with van der Waals surface area (Å²) in [6.45, 7) is 8.15. The van der Waals surface area contributed by atoms with E-state index < -0.39 is 0 Å². The van der Waals surface area contributed by atoms with E-state index in [1.165, 1.54) is 12.0 Å². The Hall–Kier alpha value is -1.51. The van der Waals surface area contributed by atoms with E-state index in [2.05, 4.69) is 37.4 Å². The quantitative estimate of drug-likeness (QED) is 0.909. The molecule has 0 spiro atoms. The first-order chi connectivity index (χ1) is 9.59. The van der Waals surface area contributed by atoms with Crippen molar-refractivity contribution < 1.29 is 4.79 Å². The summed E-state index contributed by atoms with van der Waals surface area (Å²) in [4.78, 5) is 14.4. The van der Waals surface area contributed by atoms with Crippen LogP contribution in [0.5, 0.6) is 0 Å². The van der Waals surface area contributed by atoms with Crippen molar-refractivity contribution in [1.82, 2.24) is 4.90 Å². The van der Waals surface area contributed by atoms with Gasteiger partial charge in [0.05, 0.1) is 0 Å². The Bertz CT molecular complexity index is 450. The second kappa shape index (κ2) is 6.78. The molecule has 0 aromatic heterocycles.